The Bertz CT molecular complexity index is 449. The maximum Gasteiger partial charge on any atom is 0.416 e. The Morgan fingerprint density at radius 1 is 1.15 bits per heavy atom. The van der Waals surface area contributed by atoms with E-state index in [9.17, 15) is 18.0 Å². The van der Waals surface area contributed by atoms with Crippen molar-refractivity contribution in [3.8, 4) is 0 Å². The molecule has 0 aromatic heterocycles. The number of carbonyl (C=O) groups excluding carboxylic acids is 1. The Kier molecular flexibility index (Phi) is 5.50. The van der Waals surface area contributed by atoms with Gasteiger partial charge in [0.1, 0.15) is 0 Å². The fourth-order valence-corrected chi connectivity index (χ4v) is 2.01. The van der Waals surface area contributed by atoms with Crippen molar-refractivity contribution in [2.24, 2.45) is 0 Å². The van der Waals surface area contributed by atoms with Crippen LogP contribution in [0.5, 0.6) is 0 Å². The topological polar surface area (TPSA) is 29.1 Å². The Hall–Kier alpha value is -1.17. The van der Waals surface area contributed by atoms with Gasteiger partial charge in [0.2, 0.25) is 5.91 Å². The maximum atomic E-state index is 12.4. The van der Waals surface area contributed by atoms with Crippen molar-refractivity contribution in [3.63, 3.8) is 0 Å². The minimum absolute atomic E-state index is 0.00565. The third-order valence-corrected chi connectivity index (χ3v) is 3.68. The van der Waals surface area contributed by atoms with Gasteiger partial charge in [0, 0.05) is 11.3 Å². The number of benzene rings is 1. The first-order valence-electron chi connectivity index (χ1n) is 6.15. The molecule has 1 N–H and O–H groups in total. The van der Waals surface area contributed by atoms with Gasteiger partial charge in [-0.3, -0.25) is 4.79 Å². The summed E-state index contributed by atoms with van der Waals surface area (Å²) >= 11 is 1.52. The quantitative estimate of drug-likeness (QED) is 0.915. The molecule has 0 aliphatic rings. The predicted molar refractivity (Wildman–Crippen MR) is 75.5 cm³/mol. The number of nitrogens with one attached hydrogen (secondary N) is 1. The highest BCUT2D eigenvalue weighted by atomic mass is 32.2. The minimum Gasteiger partial charge on any atom is -0.351 e. The van der Waals surface area contributed by atoms with E-state index in [1.807, 2.05) is 20.8 Å². The van der Waals surface area contributed by atoms with Gasteiger partial charge in [0.25, 0.3) is 0 Å². The SMILES string of the molecule is CC(C)(C)SCC(=O)NCc1ccc(C(F)(F)F)cc1. The second kappa shape index (κ2) is 6.52. The molecule has 112 valence electrons. The molecule has 0 radical (unpaired) electrons. The average molecular weight is 305 g/mol. The Morgan fingerprint density at radius 2 is 1.70 bits per heavy atom. The van der Waals surface area contributed by atoms with E-state index in [1.165, 1.54) is 23.9 Å². The third-order valence-electron chi connectivity index (χ3n) is 2.41. The molecule has 0 bridgehead atoms. The van der Waals surface area contributed by atoms with E-state index < -0.39 is 11.7 Å². The van der Waals surface area contributed by atoms with Gasteiger partial charge in [-0.05, 0) is 17.7 Å². The molecular formula is C14H18F3NOS. The molecule has 0 unspecified atom stereocenters. The molecule has 6 heteroatoms. The van der Waals surface area contributed by atoms with Crippen LogP contribution in [0.3, 0.4) is 0 Å². The summed E-state index contributed by atoms with van der Waals surface area (Å²) < 4.78 is 37.1. The normalized spacial score (nSPS) is 12.3. The summed E-state index contributed by atoms with van der Waals surface area (Å²) in [5.74, 6) is 0.217. The van der Waals surface area contributed by atoms with Crippen molar-refractivity contribution >= 4 is 17.7 Å². The van der Waals surface area contributed by atoms with Crippen molar-refractivity contribution < 1.29 is 18.0 Å². The lowest BCUT2D eigenvalue weighted by Crippen LogP contribution is -2.26. The van der Waals surface area contributed by atoms with Crippen LogP contribution in [0.1, 0.15) is 31.9 Å². The number of carbonyl (C=O) groups is 1. The van der Waals surface area contributed by atoms with Gasteiger partial charge in [0.15, 0.2) is 0 Å². The zero-order valence-corrected chi connectivity index (χ0v) is 12.5. The summed E-state index contributed by atoms with van der Waals surface area (Å²) in [5, 5.41) is 2.69. The molecular weight excluding hydrogens is 287 g/mol. The van der Waals surface area contributed by atoms with Crippen LogP contribution in [0.2, 0.25) is 0 Å². The number of thioether (sulfide) groups is 1. The number of halogens is 3. The first-order valence-corrected chi connectivity index (χ1v) is 7.13. The molecule has 0 fully saturated rings. The minimum atomic E-state index is -4.33. The zero-order valence-electron chi connectivity index (χ0n) is 11.7. The first kappa shape index (κ1) is 16.9. The molecule has 1 aromatic rings. The Labute approximate surface area is 121 Å². The summed E-state index contributed by atoms with van der Waals surface area (Å²) in [5.41, 5.74) is -0.0389. The van der Waals surface area contributed by atoms with Gasteiger partial charge < -0.3 is 5.32 Å². The summed E-state index contributed by atoms with van der Waals surface area (Å²) in [7, 11) is 0. The summed E-state index contributed by atoms with van der Waals surface area (Å²) in [6.07, 6.45) is -4.33. The molecule has 1 rings (SSSR count). The highest BCUT2D eigenvalue weighted by Gasteiger charge is 2.29. The molecule has 2 nitrogen and oxygen atoms in total. The predicted octanol–water partition coefficient (Wildman–Crippen LogP) is 3.85. The molecule has 20 heavy (non-hydrogen) atoms. The smallest absolute Gasteiger partial charge is 0.351 e. The van der Waals surface area contributed by atoms with E-state index in [0.717, 1.165) is 12.1 Å². The zero-order chi connectivity index (χ0) is 15.4. The summed E-state index contributed by atoms with van der Waals surface area (Å²) in [6, 6.07) is 4.79. The second-order valence-electron chi connectivity index (χ2n) is 5.37. The van der Waals surface area contributed by atoms with Gasteiger partial charge >= 0.3 is 6.18 Å². The van der Waals surface area contributed by atoms with E-state index in [2.05, 4.69) is 5.32 Å². The molecule has 0 aliphatic heterocycles. The Morgan fingerprint density at radius 3 is 2.15 bits per heavy atom. The van der Waals surface area contributed by atoms with E-state index in [1.54, 1.807) is 0 Å². The van der Waals surface area contributed by atoms with Gasteiger partial charge in [-0.25, -0.2) is 0 Å². The average Bonchev–Trinajstić information content (AvgIpc) is 2.32. The third kappa shape index (κ3) is 6.32. The molecule has 1 aromatic carbocycles. The molecule has 0 atom stereocenters. The molecule has 0 heterocycles. The molecule has 0 aliphatic carbocycles. The van der Waals surface area contributed by atoms with E-state index in [0.29, 0.717) is 11.3 Å². The van der Waals surface area contributed by atoms with Crippen molar-refractivity contribution in [2.45, 2.75) is 38.2 Å². The van der Waals surface area contributed by atoms with Crippen LogP contribution < -0.4 is 5.32 Å². The number of hydrogen-bond acceptors (Lipinski definition) is 2. The van der Waals surface area contributed by atoms with Gasteiger partial charge in [-0.2, -0.15) is 13.2 Å². The van der Waals surface area contributed by atoms with Crippen molar-refractivity contribution in [1.82, 2.24) is 5.32 Å². The van der Waals surface area contributed by atoms with Crippen molar-refractivity contribution in [2.75, 3.05) is 5.75 Å². The van der Waals surface area contributed by atoms with Gasteiger partial charge in [0.05, 0.1) is 11.3 Å². The molecule has 0 spiro atoms. The highest BCUT2D eigenvalue weighted by Crippen LogP contribution is 2.29. The fourth-order valence-electron chi connectivity index (χ4n) is 1.35. The van der Waals surface area contributed by atoms with Gasteiger partial charge in [-0.15, -0.1) is 11.8 Å². The largest absolute Gasteiger partial charge is 0.416 e. The van der Waals surface area contributed by atoms with Crippen LogP contribution in [0, 0.1) is 0 Å². The number of rotatable bonds is 4. The molecule has 1 amide bonds. The lowest BCUT2D eigenvalue weighted by molar-refractivity contribution is -0.137. The molecule has 0 saturated carbocycles. The van der Waals surface area contributed by atoms with Crippen LogP contribution >= 0.6 is 11.8 Å². The van der Waals surface area contributed by atoms with E-state index in [-0.39, 0.29) is 17.2 Å². The van der Waals surface area contributed by atoms with Crippen LogP contribution in [0.15, 0.2) is 24.3 Å². The van der Waals surface area contributed by atoms with Crippen LogP contribution in [0.25, 0.3) is 0 Å². The standard InChI is InChI=1S/C14H18F3NOS/c1-13(2,3)20-9-12(19)18-8-10-4-6-11(7-5-10)14(15,16)17/h4-7H,8-9H2,1-3H3,(H,18,19). The van der Waals surface area contributed by atoms with Crippen molar-refractivity contribution in [1.29, 1.82) is 0 Å². The van der Waals surface area contributed by atoms with E-state index in [4.69, 9.17) is 0 Å². The number of alkyl halides is 3. The van der Waals surface area contributed by atoms with Crippen molar-refractivity contribution in [3.05, 3.63) is 35.4 Å². The Balaban J connectivity index is 2.44. The monoisotopic (exact) mass is 305 g/mol. The van der Waals surface area contributed by atoms with Crippen LogP contribution in [0.4, 0.5) is 13.2 Å². The second-order valence-corrected chi connectivity index (χ2v) is 7.17. The van der Waals surface area contributed by atoms with Crippen LogP contribution in [-0.2, 0) is 17.5 Å². The summed E-state index contributed by atoms with van der Waals surface area (Å²) in [4.78, 5) is 11.6. The van der Waals surface area contributed by atoms with E-state index >= 15 is 0 Å². The molecule has 0 saturated heterocycles. The van der Waals surface area contributed by atoms with Crippen LogP contribution in [-0.4, -0.2) is 16.4 Å². The fraction of sp³-hybridized carbons (Fsp3) is 0.500. The lowest BCUT2D eigenvalue weighted by Gasteiger charge is -2.17. The highest BCUT2D eigenvalue weighted by molar-refractivity contribution is 8.01. The van der Waals surface area contributed by atoms with Gasteiger partial charge in [-0.1, -0.05) is 32.9 Å². The number of amides is 1. The lowest BCUT2D eigenvalue weighted by atomic mass is 10.1. The summed E-state index contributed by atoms with van der Waals surface area (Å²) in [6.45, 7) is 6.28. The maximum absolute atomic E-state index is 12.4. The first-order chi connectivity index (χ1) is 9.08. The number of hydrogen-bond donors (Lipinski definition) is 1.